The maximum atomic E-state index is 9.75. The van der Waals surface area contributed by atoms with Gasteiger partial charge in [-0.3, -0.25) is 0 Å². The van der Waals surface area contributed by atoms with Crippen molar-refractivity contribution in [3.8, 4) is 5.75 Å². The van der Waals surface area contributed by atoms with E-state index < -0.39 is 0 Å². The Balaban J connectivity index is 1.99. The maximum Gasteiger partial charge on any atom is 0.123 e. The van der Waals surface area contributed by atoms with Gasteiger partial charge in [-0.1, -0.05) is 60.7 Å². The van der Waals surface area contributed by atoms with E-state index in [1.165, 1.54) is 11.1 Å². The molecule has 0 fully saturated rings. The van der Waals surface area contributed by atoms with E-state index in [1.54, 1.807) is 6.07 Å². The van der Waals surface area contributed by atoms with E-state index >= 15 is 0 Å². The molecule has 0 aliphatic rings. The van der Waals surface area contributed by atoms with Crippen molar-refractivity contribution < 1.29 is 5.11 Å². The van der Waals surface area contributed by atoms with Gasteiger partial charge in [-0.05, 0) is 29.0 Å². The van der Waals surface area contributed by atoms with Gasteiger partial charge in [0, 0.05) is 5.39 Å². The summed E-state index contributed by atoms with van der Waals surface area (Å²) in [6, 6.07) is 22.2. The zero-order valence-electron chi connectivity index (χ0n) is 10.0. The molecule has 0 spiro atoms. The monoisotopic (exact) mass is 234 g/mol. The van der Waals surface area contributed by atoms with Crippen LogP contribution in [0.3, 0.4) is 0 Å². The van der Waals surface area contributed by atoms with Gasteiger partial charge in [-0.15, -0.1) is 0 Å². The highest BCUT2D eigenvalue weighted by Gasteiger charge is 2.01. The van der Waals surface area contributed by atoms with Crippen LogP contribution in [0.5, 0.6) is 5.75 Å². The van der Waals surface area contributed by atoms with E-state index in [1.807, 2.05) is 24.3 Å². The molecule has 3 rings (SSSR count). The van der Waals surface area contributed by atoms with Crippen molar-refractivity contribution >= 4 is 10.8 Å². The standard InChI is InChI=1S/C17H14O/c18-17-8-4-7-15-12-14(9-10-16(15)17)11-13-5-2-1-3-6-13/h1-10,12,18H,11H2. The quantitative estimate of drug-likeness (QED) is 0.706. The van der Waals surface area contributed by atoms with E-state index in [9.17, 15) is 5.11 Å². The van der Waals surface area contributed by atoms with Gasteiger partial charge in [0.15, 0.2) is 0 Å². The molecule has 1 nitrogen and oxygen atoms in total. The lowest BCUT2D eigenvalue weighted by atomic mass is 10.0. The fourth-order valence-electron chi connectivity index (χ4n) is 2.26. The third-order valence-corrected chi connectivity index (χ3v) is 3.17. The molecule has 0 aromatic heterocycles. The second-order valence-electron chi connectivity index (χ2n) is 4.50. The van der Waals surface area contributed by atoms with Crippen molar-refractivity contribution in [2.45, 2.75) is 6.42 Å². The Morgan fingerprint density at radius 3 is 2.39 bits per heavy atom. The SMILES string of the molecule is Oc1cccc2cc(Cc3ccccc3)ccc12. The lowest BCUT2D eigenvalue weighted by Crippen LogP contribution is -1.87. The first-order chi connectivity index (χ1) is 8.83. The fraction of sp³-hybridized carbons (Fsp3) is 0.0588. The Hall–Kier alpha value is -2.28. The summed E-state index contributed by atoms with van der Waals surface area (Å²) < 4.78 is 0. The van der Waals surface area contributed by atoms with E-state index in [0.717, 1.165) is 17.2 Å². The molecule has 0 amide bonds. The third kappa shape index (κ3) is 2.07. The van der Waals surface area contributed by atoms with Gasteiger partial charge < -0.3 is 5.11 Å². The Morgan fingerprint density at radius 2 is 1.56 bits per heavy atom. The molecule has 0 heterocycles. The van der Waals surface area contributed by atoms with Crippen LogP contribution in [0.25, 0.3) is 10.8 Å². The van der Waals surface area contributed by atoms with E-state index in [-0.39, 0.29) is 0 Å². The van der Waals surface area contributed by atoms with Crippen LogP contribution in [0.15, 0.2) is 66.7 Å². The number of hydrogen-bond donors (Lipinski definition) is 1. The largest absolute Gasteiger partial charge is 0.507 e. The van der Waals surface area contributed by atoms with Gasteiger partial charge in [-0.25, -0.2) is 0 Å². The Bertz CT molecular complexity index is 672. The first-order valence-corrected chi connectivity index (χ1v) is 6.07. The zero-order chi connectivity index (χ0) is 12.4. The normalized spacial score (nSPS) is 10.7. The number of benzene rings is 3. The average Bonchev–Trinajstić information content (AvgIpc) is 2.40. The van der Waals surface area contributed by atoms with Crippen LogP contribution in [0, 0.1) is 0 Å². The summed E-state index contributed by atoms with van der Waals surface area (Å²) in [4.78, 5) is 0. The molecule has 0 bridgehead atoms. The Morgan fingerprint density at radius 1 is 0.722 bits per heavy atom. The van der Waals surface area contributed by atoms with Gasteiger partial charge in [0.25, 0.3) is 0 Å². The number of rotatable bonds is 2. The lowest BCUT2D eigenvalue weighted by molar-refractivity contribution is 0.481. The second-order valence-corrected chi connectivity index (χ2v) is 4.50. The molecule has 0 saturated heterocycles. The van der Waals surface area contributed by atoms with Crippen molar-refractivity contribution in [2.75, 3.05) is 0 Å². The number of phenolic OH excluding ortho intramolecular Hbond substituents is 1. The van der Waals surface area contributed by atoms with Crippen LogP contribution in [0.2, 0.25) is 0 Å². The lowest BCUT2D eigenvalue weighted by Gasteiger charge is -2.05. The number of aromatic hydroxyl groups is 1. The Labute approximate surface area is 106 Å². The highest BCUT2D eigenvalue weighted by molar-refractivity contribution is 5.88. The minimum atomic E-state index is 0.346. The molecule has 3 aromatic rings. The minimum Gasteiger partial charge on any atom is -0.507 e. The minimum absolute atomic E-state index is 0.346. The summed E-state index contributed by atoms with van der Waals surface area (Å²) in [5, 5.41) is 11.7. The van der Waals surface area contributed by atoms with Crippen LogP contribution in [-0.4, -0.2) is 5.11 Å². The molecule has 0 aliphatic heterocycles. The van der Waals surface area contributed by atoms with Crippen molar-refractivity contribution in [3.63, 3.8) is 0 Å². The summed E-state index contributed by atoms with van der Waals surface area (Å²) in [6.45, 7) is 0. The number of phenols is 1. The molecular formula is C17H14O. The van der Waals surface area contributed by atoms with Crippen LogP contribution in [0.4, 0.5) is 0 Å². The zero-order valence-corrected chi connectivity index (χ0v) is 10.0. The van der Waals surface area contributed by atoms with Crippen molar-refractivity contribution in [2.24, 2.45) is 0 Å². The molecule has 18 heavy (non-hydrogen) atoms. The van der Waals surface area contributed by atoms with Gasteiger partial charge in [0.05, 0.1) is 0 Å². The summed E-state index contributed by atoms with van der Waals surface area (Å²) in [5.74, 6) is 0.346. The van der Waals surface area contributed by atoms with Gasteiger partial charge in [-0.2, -0.15) is 0 Å². The van der Waals surface area contributed by atoms with Gasteiger partial charge in [0.2, 0.25) is 0 Å². The molecule has 1 N–H and O–H groups in total. The van der Waals surface area contributed by atoms with E-state index in [4.69, 9.17) is 0 Å². The first kappa shape index (κ1) is 10.8. The summed E-state index contributed by atoms with van der Waals surface area (Å²) in [7, 11) is 0. The number of fused-ring (bicyclic) bond motifs is 1. The average molecular weight is 234 g/mol. The molecular weight excluding hydrogens is 220 g/mol. The first-order valence-electron chi connectivity index (χ1n) is 6.07. The predicted molar refractivity (Wildman–Crippen MR) is 74.9 cm³/mol. The molecule has 0 atom stereocenters. The van der Waals surface area contributed by atoms with Crippen molar-refractivity contribution in [3.05, 3.63) is 77.9 Å². The molecule has 88 valence electrons. The van der Waals surface area contributed by atoms with E-state index in [2.05, 4.69) is 36.4 Å². The highest BCUT2D eigenvalue weighted by Crippen LogP contribution is 2.25. The summed E-state index contributed by atoms with van der Waals surface area (Å²) in [5.41, 5.74) is 2.57. The predicted octanol–water partition coefficient (Wildman–Crippen LogP) is 4.14. The molecule has 0 radical (unpaired) electrons. The highest BCUT2D eigenvalue weighted by atomic mass is 16.3. The second kappa shape index (κ2) is 4.53. The molecule has 1 heteroatoms. The van der Waals surface area contributed by atoms with Crippen molar-refractivity contribution in [1.82, 2.24) is 0 Å². The summed E-state index contributed by atoms with van der Waals surface area (Å²) in [6.07, 6.45) is 0.923. The van der Waals surface area contributed by atoms with E-state index in [0.29, 0.717) is 5.75 Å². The molecule has 0 saturated carbocycles. The molecule has 0 aliphatic carbocycles. The smallest absolute Gasteiger partial charge is 0.123 e. The van der Waals surface area contributed by atoms with Crippen molar-refractivity contribution in [1.29, 1.82) is 0 Å². The van der Waals surface area contributed by atoms with Gasteiger partial charge >= 0.3 is 0 Å². The summed E-state index contributed by atoms with van der Waals surface area (Å²) >= 11 is 0. The fourth-order valence-corrected chi connectivity index (χ4v) is 2.26. The molecule has 0 unspecified atom stereocenters. The molecule has 3 aromatic carbocycles. The van der Waals surface area contributed by atoms with Crippen LogP contribution in [-0.2, 0) is 6.42 Å². The topological polar surface area (TPSA) is 20.2 Å². The Kier molecular flexibility index (Phi) is 2.73. The van der Waals surface area contributed by atoms with Crippen LogP contribution in [0.1, 0.15) is 11.1 Å². The van der Waals surface area contributed by atoms with Crippen LogP contribution < -0.4 is 0 Å². The third-order valence-electron chi connectivity index (χ3n) is 3.17. The maximum absolute atomic E-state index is 9.75. The number of hydrogen-bond acceptors (Lipinski definition) is 1. The van der Waals surface area contributed by atoms with Crippen LogP contribution >= 0.6 is 0 Å². The van der Waals surface area contributed by atoms with Gasteiger partial charge in [0.1, 0.15) is 5.75 Å².